The molecule has 0 aromatic carbocycles. The van der Waals surface area contributed by atoms with Gasteiger partial charge in [-0.3, -0.25) is 9.78 Å². The number of aromatic amines is 1. The summed E-state index contributed by atoms with van der Waals surface area (Å²) >= 11 is 0. The van der Waals surface area contributed by atoms with Gasteiger partial charge in [0.15, 0.2) is 5.78 Å². The van der Waals surface area contributed by atoms with E-state index in [1.54, 1.807) is 6.20 Å². The van der Waals surface area contributed by atoms with Crippen LogP contribution in [0.1, 0.15) is 31.1 Å². The SMILES string of the molecule is CC.CC(=O)c1cnc2cc[nH]c2c1. The van der Waals surface area contributed by atoms with Crippen LogP contribution in [0.2, 0.25) is 0 Å². The average molecular weight is 190 g/mol. The van der Waals surface area contributed by atoms with Crippen LogP contribution in [0.4, 0.5) is 0 Å². The largest absolute Gasteiger partial charge is 0.360 e. The molecule has 0 fully saturated rings. The number of fused-ring (bicyclic) bond motifs is 1. The van der Waals surface area contributed by atoms with E-state index in [9.17, 15) is 4.79 Å². The molecule has 0 amide bonds. The number of H-pyrrole nitrogens is 1. The van der Waals surface area contributed by atoms with Crippen LogP contribution in [0.5, 0.6) is 0 Å². The van der Waals surface area contributed by atoms with Gasteiger partial charge in [-0.2, -0.15) is 0 Å². The summed E-state index contributed by atoms with van der Waals surface area (Å²) in [6.45, 7) is 5.53. The second-order valence-corrected chi connectivity index (χ2v) is 2.69. The first-order chi connectivity index (χ1) is 6.77. The van der Waals surface area contributed by atoms with Crippen molar-refractivity contribution >= 4 is 16.8 Å². The van der Waals surface area contributed by atoms with E-state index in [4.69, 9.17) is 0 Å². The highest BCUT2D eigenvalue weighted by Crippen LogP contribution is 2.10. The van der Waals surface area contributed by atoms with Crippen molar-refractivity contribution in [1.82, 2.24) is 9.97 Å². The molecule has 3 heteroatoms. The lowest BCUT2D eigenvalue weighted by Gasteiger charge is -1.93. The number of nitrogens with zero attached hydrogens (tertiary/aromatic N) is 1. The fourth-order valence-electron chi connectivity index (χ4n) is 1.13. The molecule has 2 heterocycles. The second-order valence-electron chi connectivity index (χ2n) is 2.69. The molecule has 14 heavy (non-hydrogen) atoms. The number of Topliss-reactive ketones (excluding diaryl/α,β-unsaturated/α-hetero) is 1. The minimum atomic E-state index is 0.0407. The van der Waals surface area contributed by atoms with Crippen molar-refractivity contribution < 1.29 is 4.79 Å². The number of nitrogens with one attached hydrogen (secondary N) is 1. The van der Waals surface area contributed by atoms with E-state index in [-0.39, 0.29) is 5.78 Å². The van der Waals surface area contributed by atoms with Gasteiger partial charge >= 0.3 is 0 Å². The van der Waals surface area contributed by atoms with E-state index in [0.29, 0.717) is 5.56 Å². The Morgan fingerprint density at radius 1 is 1.43 bits per heavy atom. The highest BCUT2D eigenvalue weighted by Gasteiger charge is 2.01. The molecule has 0 aliphatic heterocycles. The standard InChI is InChI=1S/C9H8N2O.C2H6/c1-6(12)7-4-9-8(11-5-7)2-3-10-9;1-2/h2-5,10H,1H3;1-2H3. The Balaban J connectivity index is 0.000000461. The van der Waals surface area contributed by atoms with Crippen molar-refractivity contribution in [3.8, 4) is 0 Å². The van der Waals surface area contributed by atoms with E-state index in [1.807, 2.05) is 32.2 Å². The van der Waals surface area contributed by atoms with Crippen LogP contribution in [0, 0.1) is 0 Å². The highest BCUT2D eigenvalue weighted by atomic mass is 16.1. The minimum Gasteiger partial charge on any atom is -0.360 e. The van der Waals surface area contributed by atoms with Crippen LogP contribution in [-0.4, -0.2) is 15.8 Å². The summed E-state index contributed by atoms with van der Waals surface area (Å²) in [5.74, 6) is 0.0407. The Kier molecular flexibility index (Phi) is 3.40. The first-order valence-corrected chi connectivity index (χ1v) is 4.71. The Hall–Kier alpha value is -1.64. The van der Waals surface area contributed by atoms with Crippen LogP contribution < -0.4 is 0 Å². The molecule has 0 saturated carbocycles. The number of pyridine rings is 1. The van der Waals surface area contributed by atoms with Crippen molar-refractivity contribution in [3.05, 3.63) is 30.1 Å². The van der Waals surface area contributed by atoms with Crippen LogP contribution in [0.25, 0.3) is 11.0 Å². The third-order valence-corrected chi connectivity index (χ3v) is 1.81. The Morgan fingerprint density at radius 3 is 2.79 bits per heavy atom. The molecule has 1 N–H and O–H groups in total. The fraction of sp³-hybridized carbons (Fsp3) is 0.273. The van der Waals surface area contributed by atoms with Crippen molar-refractivity contribution in [3.63, 3.8) is 0 Å². The maximum absolute atomic E-state index is 11.0. The molecule has 2 rings (SSSR count). The molecule has 0 unspecified atom stereocenters. The lowest BCUT2D eigenvalue weighted by atomic mass is 10.2. The molecule has 0 aliphatic rings. The van der Waals surface area contributed by atoms with Crippen molar-refractivity contribution in [2.45, 2.75) is 20.8 Å². The van der Waals surface area contributed by atoms with Gasteiger partial charge in [-0.05, 0) is 19.1 Å². The van der Waals surface area contributed by atoms with Crippen molar-refractivity contribution in [2.24, 2.45) is 0 Å². The third-order valence-electron chi connectivity index (χ3n) is 1.81. The van der Waals surface area contributed by atoms with E-state index >= 15 is 0 Å². The van der Waals surface area contributed by atoms with Crippen molar-refractivity contribution in [2.75, 3.05) is 0 Å². The molecule has 3 nitrogen and oxygen atoms in total. The maximum Gasteiger partial charge on any atom is 0.161 e. The predicted molar refractivity (Wildman–Crippen MR) is 57.4 cm³/mol. The third kappa shape index (κ3) is 1.99. The summed E-state index contributed by atoms with van der Waals surface area (Å²) in [4.78, 5) is 18.1. The molecule has 0 radical (unpaired) electrons. The zero-order valence-corrected chi connectivity index (χ0v) is 8.66. The van der Waals surface area contributed by atoms with Gasteiger partial charge in [0.1, 0.15) is 0 Å². The number of carbonyl (C=O) groups is 1. The van der Waals surface area contributed by atoms with Crippen LogP contribution in [-0.2, 0) is 0 Å². The summed E-state index contributed by atoms with van der Waals surface area (Å²) in [6, 6.07) is 3.68. The Morgan fingerprint density at radius 2 is 2.14 bits per heavy atom. The highest BCUT2D eigenvalue weighted by molar-refractivity contribution is 5.96. The smallest absolute Gasteiger partial charge is 0.161 e. The first-order valence-electron chi connectivity index (χ1n) is 4.71. The molecule has 0 atom stereocenters. The number of carbonyl (C=O) groups excluding carboxylic acids is 1. The van der Waals surface area contributed by atoms with Gasteiger partial charge in [-0.15, -0.1) is 0 Å². The lowest BCUT2D eigenvalue weighted by Crippen LogP contribution is -1.92. The molecule has 74 valence electrons. The van der Waals surface area contributed by atoms with Gasteiger partial charge in [0, 0.05) is 18.0 Å². The van der Waals surface area contributed by atoms with Crippen molar-refractivity contribution in [1.29, 1.82) is 0 Å². The number of hydrogen-bond donors (Lipinski definition) is 1. The Labute approximate surface area is 83.2 Å². The maximum atomic E-state index is 11.0. The van der Waals surface area contributed by atoms with Gasteiger partial charge in [-0.1, -0.05) is 13.8 Å². The van der Waals surface area contributed by atoms with Crippen LogP contribution in [0.3, 0.4) is 0 Å². The molecule has 0 spiro atoms. The molecule has 0 aliphatic carbocycles. The Bertz CT molecular complexity index is 432. The lowest BCUT2D eigenvalue weighted by molar-refractivity contribution is 0.101. The van der Waals surface area contributed by atoms with E-state index in [1.165, 1.54) is 6.92 Å². The van der Waals surface area contributed by atoms with E-state index in [0.717, 1.165) is 11.0 Å². The molecule has 0 saturated heterocycles. The van der Waals surface area contributed by atoms with Gasteiger partial charge in [0.05, 0.1) is 11.0 Å². The zero-order valence-electron chi connectivity index (χ0n) is 8.66. The number of hydrogen-bond acceptors (Lipinski definition) is 2. The van der Waals surface area contributed by atoms with Gasteiger partial charge in [0.25, 0.3) is 0 Å². The summed E-state index contributed by atoms with van der Waals surface area (Å²) in [6.07, 6.45) is 3.40. The summed E-state index contributed by atoms with van der Waals surface area (Å²) in [7, 11) is 0. The normalized spacial score (nSPS) is 9.36. The van der Waals surface area contributed by atoms with Gasteiger partial charge < -0.3 is 4.98 Å². The minimum absolute atomic E-state index is 0.0407. The quantitative estimate of drug-likeness (QED) is 0.703. The topological polar surface area (TPSA) is 45.8 Å². The number of aromatic nitrogens is 2. The summed E-state index contributed by atoms with van der Waals surface area (Å²) in [5, 5.41) is 0. The van der Waals surface area contributed by atoms with E-state index in [2.05, 4.69) is 9.97 Å². The molecule has 2 aromatic rings. The molecule has 0 bridgehead atoms. The second kappa shape index (κ2) is 4.56. The zero-order chi connectivity index (χ0) is 10.6. The van der Waals surface area contributed by atoms with Gasteiger partial charge in [0.2, 0.25) is 0 Å². The predicted octanol–water partition coefficient (Wildman–Crippen LogP) is 2.79. The summed E-state index contributed by atoms with van der Waals surface area (Å²) in [5.41, 5.74) is 2.44. The van der Waals surface area contributed by atoms with E-state index < -0.39 is 0 Å². The molecular formula is C11H14N2O. The average Bonchev–Trinajstić information content (AvgIpc) is 2.67. The fourth-order valence-corrected chi connectivity index (χ4v) is 1.13. The van der Waals surface area contributed by atoms with Crippen LogP contribution in [0.15, 0.2) is 24.5 Å². The van der Waals surface area contributed by atoms with Crippen LogP contribution >= 0.6 is 0 Å². The molecule has 2 aromatic heterocycles. The number of ketones is 1. The van der Waals surface area contributed by atoms with Gasteiger partial charge in [-0.25, -0.2) is 0 Å². The number of rotatable bonds is 1. The summed E-state index contributed by atoms with van der Waals surface area (Å²) < 4.78 is 0. The molecular weight excluding hydrogens is 176 g/mol. The monoisotopic (exact) mass is 190 g/mol. The first kappa shape index (κ1) is 10.4.